The van der Waals surface area contributed by atoms with E-state index in [1.165, 1.54) is 57.9 Å². The fourth-order valence-electron chi connectivity index (χ4n) is 4.44. The smallest absolute Gasteiger partial charge is 0.208 e. The van der Waals surface area contributed by atoms with E-state index in [9.17, 15) is 0 Å². The van der Waals surface area contributed by atoms with Gasteiger partial charge in [-0.05, 0) is 51.6 Å². The van der Waals surface area contributed by atoms with Crippen molar-refractivity contribution in [1.82, 2.24) is 15.2 Å². The third-order valence-corrected chi connectivity index (χ3v) is 5.65. The fraction of sp³-hybridized carbons (Fsp3) is 0.938. The minimum Gasteiger partial charge on any atom is -0.342 e. The van der Waals surface area contributed by atoms with Crippen LogP contribution in [0.25, 0.3) is 0 Å². The monoisotopic (exact) mass is 293 g/mol. The van der Waals surface area contributed by atoms with Gasteiger partial charge < -0.3 is 9.80 Å². The number of nitrogens with zero attached hydrogens (tertiary/aromatic N) is 3. The number of nitrogens with two attached hydrogens (primary N) is 1. The van der Waals surface area contributed by atoms with E-state index in [0.717, 1.165) is 31.0 Å². The second-order valence-corrected chi connectivity index (χ2v) is 7.07. The Hall–Kier alpha value is -0.810. The summed E-state index contributed by atoms with van der Waals surface area (Å²) in [6, 6.07) is 1.25. The van der Waals surface area contributed by atoms with E-state index >= 15 is 0 Å². The highest BCUT2D eigenvalue weighted by Crippen LogP contribution is 2.29. The number of likely N-dealkylation sites (tertiary alicyclic amines) is 2. The van der Waals surface area contributed by atoms with Crippen molar-refractivity contribution in [2.45, 2.75) is 63.5 Å². The first-order valence-corrected chi connectivity index (χ1v) is 8.77. The second-order valence-electron chi connectivity index (χ2n) is 7.07. The number of rotatable bonds is 1. The quantitative estimate of drug-likeness (QED) is 0.333. The molecule has 0 spiro atoms. The van der Waals surface area contributed by atoms with E-state index < -0.39 is 0 Å². The molecule has 2 heterocycles. The molecule has 2 saturated heterocycles. The predicted molar refractivity (Wildman–Crippen MR) is 87.0 cm³/mol. The Morgan fingerprint density at radius 3 is 2.62 bits per heavy atom. The SMILES string of the molecule is CN1CCCC2CN(C(=NC3CCCCC3)NN)CCC21. The number of hydrazine groups is 1. The summed E-state index contributed by atoms with van der Waals surface area (Å²) in [4.78, 5) is 9.88. The van der Waals surface area contributed by atoms with Gasteiger partial charge in [-0.2, -0.15) is 0 Å². The lowest BCUT2D eigenvalue weighted by molar-refractivity contribution is 0.0618. The van der Waals surface area contributed by atoms with Crippen LogP contribution in [-0.4, -0.2) is 54.5 Å². The van der Waals surface area contributed by atoms with E-state index in [0.29, 0.717) is 6.04 Å². The van der Waals surface area contributed by atoms with Crippen LogP contribution < -0.4 is 11.3 Å². The molecule has 3 N–H and O–H groups in total. The molecule has 2 aliphatic heterocycles. The first kappa shape index (κ1) is 15.1. The maximum Gasteiger partial charge on any atom is 0.208 e. The third-order valence-electron chi connectivity index (χ3n) is 5.65. The Labute approximate surface area is 128 Å². The fourth-order valence-corrected chi connectivity index (χ4v) is 4.44. The zero-order valence-electron chi connectivity index (χ0n) is 13.4. The highest BCUT2D eigenvalue weighted by Gasteiger charge is 2.35. The minimum atomic E-state index is 0.483. The van der Waals surface area contributed by atoms with Crippen molar-refractivity contribution in [1.29, 1.82) is 0 Å². The van der Waals surface area contributed by atoms with E-state index in [-0.39, 0.29) is 0 Å². The summed E-state index contributed by atoms with van der Waals surface area (Å²) in [6.07, 6.45) is 10.4. The molecule has 0 aromatic rings. The van der Waals surface area contributed by atoms with Crippen LogP contribution in [0.3, 0.4) is 0 Å². The first-order valence-electron chi connectivity index (χ1n) is 8.77. The lowest BCUT2D eigenvalue weighted by atomic mass is 9.84. The molecule has 120 valence electrons. The molecule has 5 heteroatoms. The molecule has 0 amide bonds. The van der Waals surface area contributed by atoms with Crippen LogP contribution in [0.5, 0.6) is 0 Å². The van der Waals surface area contributed by atoms with Gasteiger partial charge in [0.05, 0.1) is 6.04 Å². The molecule has 3 fully saturated rings. The number of fused-ring (bicyclic) bond motifs is 1. The lowest BCUT2D eigenvalue weighted by Gasteiger charge is -2.46. The van der Waals surface area contributed by atoms with Crippen molar-refractivity contribution in [3.05, 3.63) is 0 Å². The van der Waals surface area contributed by atoms with Crippen molar-refractivity contribution < 1.29 is 0 Å². The van der Waals surface area contributed by atoms with Crippen LogP contribution in [0.15, 0.2) is 4.99 Å². The molecule has 3 rings (SSSR count). The summed E-state index contributed by atoms with van der Waals surface area (Å²) < 4.78 is 0. The molecule has 21 heavy (non-hydrogen) atoms. The molecular formula is C16H31N5. The molecule has 0 bridgehead atoms. The maximum absolute atomic E-state index is 5.78. The molecule has 2 atom stereocenters. The highest BCUT2D eigenvalue weighted by atomic mass is 15.4. The summed E-state index contributed by atoms with van der Waals surface area (Å²) in [5.41, 5.74) is 2.89. The van der Waals surface area contributed by atoms with Crippen LogP contribution >= 0.6 is 0 Å². The molecule has 5 nitrogen and oxygen atoms in total. The van der Waals surface area contributed by atoms with Gasteiger partial charge in [-0.15, -0.1) is 0 Å². The van der Waals surface area contributed by atoms with Gasteiger partial charge >= 0.3 is 0 Å². The van der Waals surface area contributed by atoms with Crippen LogP contribution in [0.1, 0.15) is 51.4 Å². The molecule has 3 aliphatic rings. The van der Waals surface area contributed by atoms with E-state index in [1.54, 1.807) is 0 Å². The maximum atomic E-state index is 5.78. The van der Waals surface area contributed by atoms with Gasteiger partial charge in [-0.3, -0.25) is 5.43 Å². The first-order chi connectivity index (χ1) is 10.3. The summed E-state index contributed by atoms with van der Waals surface area (Å²) in [7, 11) is 2.28. The Balaban J connectivity index is 1.63. The molecule has 0 aromatic heterocycles. The van der Waals surface area contributed by atoms with Gasteiger partial charge in [0.15, 0.2) is 0 Å². The number of nitrogens with one attached hydrogen (secondary N) is 1. The molecule has 0 radical (unpaired) electrons. The van der Waals surface area contributed by atoms with Crippen molar-refractivity contribution in [3.63, 3.8) is 0 Å². The van der Waals surface area contributed by atoms with E-state index in [4.69, 9.17) is 10.8 Å². The number of guanidine groups is 1. The number of aliphatic imine (C=N–C) groups is 1. The largest absolute Gasteiger partial charge is 0.342 e. The van der Waals surface area contributed by atoms with Gasteiger partial charge in [0.2, 0.25) is 5.96 Å². The zero-order valence-corrected chi connectivity index (χ0v) is 13.4. The lowest BCUT2D eigenvalue weighted by Crippen LogP contribution is -2.57. The average molecular weight is 293 g/mol. The summed E-state index contributed by atoms with van der Waals surface area (Å²) in [5, 5.41) is 0. The van der Waals surface area contributed by atoms with Gasteiger partial charge in [-0.25, -0.2) is 10.8 Å². The van der Waals surface area contributed by atoms with Gasteiger partial charge in [0, 0.05) is 19.1 Å². The van der Waals surface area contributed by atoms with Crippen molar-refractivity contribution in [3.8, 4) is 0 Å². The normalized spacial score (nSPS) is 32.9. The predicted octanol–water partition coefficient (Wildman–Crippen LogP) is 1.55. The van der Waals surface area contributed by atoms with Crippen LogP contribution in [0.2, 0.25) is 0 Å². The summed E-state index contributed by atoms with van der Waals surface area (Å²) in [5.74, 6) is 7.50. The van der Waals surface area contributed by atoms with Crippen molar-refractivity contribution in [2.24, 2.45) is 16.8 Å². The average Bonchev–Trinajstić information content (AvgIpc) is 2.53. The topological polar surface area (TPSA) is 56.9 Å². The van der Waals surface area contributed by atoms with E-state index in [1.807, 2.05) is 0 Å². The van der Waals surface area contributed by atoms with Crippen molar-refractivity contribution in [2.75, 3.05) is 26.7 Å². The molecule has 1 aliphatic carbocycles. The Kier molecular flexibility index (Phi) is 5.01. The minimum absolute atomic E-state index is 0.483. The Morgan fingerprint density at radius 1 is 1.05 bits per heavy atom. The van der Waals surface area contributed by atoms with Gasteiger partial charge in [-0.1, -0.05) is 19.3 Å². The van der Waals surface area contributed by atoms with Crippen LogP contribution in [-0.2, 0) is 0 Å². The van der Waals surface area contributed by atoms with Crippen LogP contribution in [0.4, 0.5) is 0 Å². The van der Waals surface area contributed by atoms with Crippen molar-refractivity contribution >= 4 is 5.96 Å². The van der Waals surface area contributed by atoms with Gasteiger partial charge in [0.25, 0.3) is 0 Å². The highest BCUT2D eigenvalue weighted by molar-refractivity contribution is 5.79. The summed E-state index contributed by atoms with van der Waals surface area (Å²) >= 11 is 0. The molecule has 1 saturated carbocycles. The van der Waals surface area contributed by atoms with Gasteiger partial charge in [0.1, 0.15) is 0 Å². The number of piperidine rings is 2. The number of hydrogen-bond donors (Lipinski definition) is 2. The Morgan fingerprint density at radius 2 is 1.86 bits per heavy atom. The summed E-state index contributed by atoms with van der Waals surface area (Å²) in [6.45, 7) is 3.46. The third kappa shape index (κ3) is 3.51. The number of hydrogen-bond acceptors (Lipinski definition) is 3. The van der Waals surface area contributed by atoms with E-state index in [2.05, 4.69) is 22.3 Å². The molecular weight excluding hydrogens is 262 g/mol. The molecule has 2 unspecified atom stereocenters. The van der Waals surface area contributed by atoms with Crippen LogP contribution in [0, 0.1) is 5.92 Å². The standard InChI is InChI=1S/C16H31N5/c1-20-10-5-6-13-12-21(11-9-15(13)20)16(19-17)18-14-7-3-2-4-8-14/h13-15H,2-12,17H2,1H3,(H,18,19). The Bertz CT molecular complexity index is 364. The second kappa shape index (κ2) is 6.97. The zero-order chi connectivity index (χ0) is 14.7. The molecule has 0 aromatic carbocycles.